The third-order valence-corrected chi connectivity index (χ3v) is 7.87. The van der Waals surface area contributed by atoms with Crippen LogP contribution in [0.4, 0.5) is 9.59 Å². The molecular weight excluding hydrogens is 504 g/mol. The Labute approximate surface area is 239 Å². The molecule has 0 aromatic heterocycles. The highest BCUT2D eigenvalue weighted by Crippen LogP contribution is 2.44. The summed E-state index contributed by atoms with van der Waals surface area (Å²) < 4.78 is 11.9. The van der Waals surface area contributed by atoms with Gasteiger partial charge in [0.1, 0.15) is 11.5 Å². The molecule has 218 valence electrons. The summed E-state index contributed by atoms with van der Waals surface area (Å²) in [6, 6.07) is 14.4. The SMILES string of the molecule is CCCCCCCCOc1ccc(C23NC(=O)NC2(c2ccc(OCCCCCCCC)cc2)NC(=O)N3)cc1. The van der Waals surface area contributed by atoms with Crippen molar-refractivity contribution >= 4 is 12.1 Å². The van der Waals surface area contributed by atoms with E-state index >= 15 is 0 Å². The second-order valence-corrected chi connectivity index (χ2v) is 10.9. The minimum Gasteiger partial charge on any atom is -0.494 e. The number of unbranched alkanes of at least 4 members (excludes halogenated alkanes) is 10. The van der Waals surface area contributed by atoms with Crippen molar-refractivity contribution in [2.24, 2.45) is 0 Å². The number of hydrogen-bond acceptors (Lipinski definition) is 4. The lowest BCUT2D eigenvalue weighted by molar-refractivity contribution is 0.208. The molecule has 4 rings (SSSR count). The summed E-state index contributed by atoms with van der Waals surface area (Å²) >= 11 is 0. The van der Waals surface area contributed by atoms with Gasteiger partial charge in [-0.3, -0.25) is 0 Å². The van der Waals surface area contributed by atoms with Crippen molar-refractivity contribution in [3.8, 4) is 11.5 Å². The maximum absolute atomic E-state index is 12.7. The maximum Gasteiger partial charge on any atom is 0.319 e. The Balaban J connectivity index is 1.40. The molecule has 2 fully saturated rings. The molecule has 2 saturated heterocycles. The third kappa shape index (κ3) is 6.83. The largest absolute Gasteiger partial charge is 0.494 e. The van der Waals surface area contributed by atoms with Crippen LogP contribution in [0.2, 0.25) is 0 Å². The van der Waals surface area contributed by atoms with Gasteiger partial charge < -0.3 is 30.7 Å². The fraction of sp³-hybridized carbons (Fsp3) is 0.562. The van der Waals surface area contributed by atoms with Crippen LogP contribution in [0.1, 0.15) is 102 Å². The predicted octanol–water partition coefficient (Wildman–Crippen LogP) is 6.80. The summed E-state index contributed by atoms with van der Waals surface area (Å²) in [5.74, 6) is 1.53. The van der Waals surface area contributed by atoms with Crippen LogP contribution in [0.15, 0.2) is 48.5 Å². The number of urea groups is 2. The first-order valence-corrected chi connectivity index (χ1v) is 15.2. The number of ether oxygens (including phenoxy) is 2. The first kappa shape index (κ1) is 29.6. The van der Waals surface area contributed by atoms with E-state index in [4.69, 9.17) is 9.47 Å². The molecule has 0 atom stereocenters. The lowest BCUT2D eigenvalue weighted by Gasteiger charge is -2.37. The number of amides is 4. The van der Waals surface area contributed by atoms with E-state index in [2.05, 4.69) is 35.1 Å². The molecule has 8 heteroatoms. The summed E-state index contributed by atoms with van der Waals surface area (Å²) in [6.07, 6.45) is 14.5. The van der Waals surface area contributed by atoms with Crippen molar-refractivity contribution in [1.29, 1.82) is 0 Å². The smallest absolute Gasteiger partial charge is 0.319 e. The van der Waals surface area contributed by atoms with Gasteiger partial charge in [0.2, 0.25) is 0 Å². The lowest BCUT2D eigenvalue weighted by Crippen LogP contribution is -2.60. The van der Waals surface area contributed by atoms with Gasteiger partial charge in [-0.1, -0.05) is 102 Å². The Kier molecular flexibility index (Phi) is 10.6. The molecule has 0 unspecified atom stereocenters. The summed E-state index contributed by atoms with van der Waals surface area (Å²) in [4.78, 5) is 25.5. The van der Waals surface area contributed by atoms with Crippen LogP contribution >= 0.6 is 0 Å². The Bertz CT molecular complexity index is 984. The first-order valence-electron chi connectivity index (χ1n) is 15.2. The minimum absolute atomic E-state index is 0.376. The number of carbonyl (C=O) groups is 2. The van der Waals surface area contributed by atoms with Crippen LogP contribution < -0.4 is 30.7 Å². The average molecular weight is 551 g/mol. The van der Waals surface area contributed by atoms with Gasteiger partial charge in [-0.05, 0) is 37.1 Å². The van der Waals surface area contributed by atoms with E-state index < -0.39 is 11.3 Å². The van der Waals surface area contributed by atoms with E-state index in [-0.39, 0.29) is 12.1 Å². The standard InChI is InChI=1S/C32H46N4O4/c1-3-5-7-9-11-13-23-39-27-19-15-25(16-20-27)31-32(35-29(37)33-31,36-30(38)34-31)26-17-21-28(22-18-26)40-24-14-12-10-8-6-4-2/h15-22H,3-14,23-24H2,1-2H3,(H2,33,35,37)(H2,34,36,38). The molecule has 0 saturated carbocycles. The van der Waals surface area contributed by atoms with Gasteiger partial charge in [0.15, 0.2) is 11.3 Å². The monoisotopic (exact) mass is 550 g/mol. The van der Waals surface area contributed by atoms with Gasteiger partial charge >= 0.3 is 12.1 Å². The maximum atomic E-state index is 12.7. The van der Waals surface area contributed by atoms with Crippen LogP contribution in [0.5, 0.6) is 11.5 Å². The van der Waals surface area contributed by atoms with Crippen LogP contribution in [0, 0.1) is 0 Å². The van der Waals surface area contributed by atoms with Crippen molar-refractivity contribution in [3.63, 3.8) is 0 Å². The number of hydrogen-bond donors (Lipinski definition) is 4. The number of fused-ring (bicyclic) bond motifs is 1. The Morgan fingerprint density at radius 1 is 0.500 bits per heavy atom. The van der Waals surface area contributed by atoms with Crippen molar-refractivity contribution in [3.05, 3.63) is 59.7 Å². The van der Waals surface area contributed by atoms with E-state index in [9.17, 15) is 9.59 Å². The van der Waals surface area contributed by atoms with Crippen molar-refractivity contribution in [2.75, 3.05) is 13.2 Å². The molecule has 2 heterocycles. The number of rotatable bonds is 18. The van der Waals surface area contributed by atoms with Crippen molar-refractivity contribution in [1.82, 2.24) is 21.3 Å². The second-order valence-electron chi connectivity index (χ2n) is 10.9. The van der Waals surface area contributed by atoms with Gasteiger partial charge in [0.05, 0.1) is 13.2 Å². The molecule has 2 aliphatic heterocycles. The second kappa shape index (κ2) is 14.3. The average Bonchev–Trinajstić information content (AvgIpc) is 3.40. The fourth-order valence-electron chi connectivity index (χ4n) is 5.65. The molecule has 0 bridgehead atoms. The molecule has 0 spiro atoms. The highest BCUT2D eigenvalue weighted by Gasteiger charge is 2.66. The first-order chi connectivity index (χ1) is 19.5. The molecule has 2 aromatic rings. The zero-order valence-electron chi connectivity index (χ0n) is 24.2. The molecule has 0 aliphatic carbocycles. The van der Waals surface area contributed by atoms with E-state index in [0.717, 1.165) is 35.5 Å². The Hall–Kier alpha value is -3.42. The van der Waals surface area contributed by atoms with Crippen LogP contribution in [0.25, 0.3) is 0 Å². The zero-order chi connectivity index (χ0) is 28.3. The van der Waals surface area contributed by atoms with Gasteiger partial charge in [-0.2, -0.15) is 0 Å². The molecule has 2 aliphatic rings. The summed E-state index contributed by atoms with van der Waals surface area (Å²) in [5.41, 5.74) is -0.946. The highest BCUT2D eigenvalue weighted by atomic mass is 16.5. The van der Waals surface area contributed by atoms with Gasteiger partial charge in [0, 0.05) is 11.1 Å². The molecule has 8 nitrogen and oxygen atoms in total. The molecule has 2 aromatic carbocycles. The van der Waals surface area contributed by atoms with Crippen molar-refractivity contribution < 1.29 is 19.1 Å². The number of benzene rings is 2. The Morgan fingerprint density at radius 3 is 1.18 bits per heavy atom. The van der Waals surface area contributed by atoms with Crippen LogP contribution in [-0.2, 0) is 11.3 Å². The quantitative estimate of drug-likeness (QED) is 0.153. The van der Waals surface area contributed by atoms with Gasteiger partial charge in [-0.25, -0.2) is 9.59 Å². The van der Waals surface area contributed by atoms with Crippen LogP contribution in [0.3, 0.4) is 0 Å². The molecule has 0 radical (unpaired) electrons. The third-order valence-electron chi connectivity index (χ3n) is 7.87. The topological polar surface area (TPSA) is 101 Å². The summed E-state index contributed by atoms with van der Waals surface area (Å²) in [5, 5.41) is 11.9. The lowest BCUT2D eigenvalue weighted by atomic mass is 9.83. The van der Waals surface area contributed by atoms with Gasteiger partial charge in [0.25, 0.3) is 0 Å². The summed E-state index contributed by atoms with van der Waals surface area (Å²) in [7, 11) is 0. The summed E-state index contributed by atoms with van der Waals surface area (Å²) in [6.45, 7) is 5.79. The normalized spacial score (nSPS) is 21.2. The van der Waals surface area contributed by atoms with Gasteiger partial charge in [-0.15, -0.1) is 0 Å². The van der Waals surface area contributed by atoms with Crippen LogP contribution in [-0.4, -0.2) is 25.3 Å². The molecule has 4 amide bonds. The molecule has 40 heavy (non-hydrogen) atoms. The van der Waals surface area contributed by atoms with E-state index in [1.165, 1.54) is 64.2 Å². The van der Waals surface area contributed by atoms with E-state index in [0.29, 0.717) is 13.2 Å². The van der Waals surface area contributed by atoms with E-state index in [1.807, 2.05) is 48.5 Å². The molecular formula is C32H46N4O4. The molecule has 4 N–H and O–H groups in total. The zero-order valence-corrected chi connectivity index (χ0v) is 24.2. The number of nitrogens with one attached hydrogen (secondary N) is 4. The Morgan fingerprint density at radius 2 is 0.825 bits per heavy atom. The van der Waals surface area contributed by atoms with Crippen molar-refractivity contribution in [2.45, 2.75) is 102 Å². The fourth-order valence-corrected chi connectivity index (χ4v) is 5.65. The predicted molar refractivity (Wildman–Crippen MR) is 157 cm³/mol. The highest BCUT2D eigenvalue weighted by molar-refractivity contribution is 5.89. The number of carbonyl (C=O) groups excluding carboxylic acids is 2. The minimum atomic E-state index is -1.21. The van der Waals surface area contributed by atoms with E-state index in [1.54, 1.807) is 0 Å².